The Kier molecular flexibility index (Phi) is 22.0. The second-order valence-electron chi connectivity index (χ2n) is 29.6. The standard InChI is InChI=1S/C37H49N5O9S2.C34H44N4O8S/c1-35(2,3)51-34(46)39-29-32(44)42-21-25(50-31-27-14-11-24(49-6)18-22(27)15-16-38-31)19-28(42)30(43)40-37(33(45)41-53(47,48)26-12-13-26)20-23(37)10-8-7-9-17-52-36(29,4)5;1-32(2,3)46-31(43)36-26-29(40)38-19-23(45-28-24-12-11-22(44-6)16-20(24)13-14-35-28)17-25(38)27(39)37-34(30(41)42)18-21(34)10-8-7-9-15-47-33(26,4)5/h8,10-11,14-16,18,23,25-26,28-29H,7,9,12-13,17,19-21H2,1-6H3,(H,39,46)(H,40,43)(H,41,45);8,10-14,16,21,23,25-26H,7,9,15,17-19H2,1-6H3,(H,36,43)(H,37,39)(H,41,42)/b2*10-8-/t23-,25-,28+,29-,37-;21-,23-,25+,26-,34-/m11/s1. The summed E-state index contributed by atoms with van der Waals surface area (Å²) in [6.45, 7) is 17.9. The van der Waals surface area contributed by atoms with Gasteiger partial charge in [0.2, 0.25) is 45.4 Å². The third kappa shape index (κ3) is 17.5. The van der Waals surface area contributed by atoms with E-state index in [9.17, 15) is 51.9 Å². The number of sulfonamides is 1. The Balaban J connectivity index is 0.000000218. The number of ether oxygens (including phenoxy) is 6. The zero-order chi connectivity index (χ0) is 72.5. The van der Waals surface area contributed by atoms with Crippen molar-refractivity contribution in [2.75, 3.05) is 38.8 Å². The topological polar surface area (TPSA) is 339 Å². The molecule has 0 spiro atoms. The number of hydrogen-bond acceptors (Lipinski definition) is 20. The van der Waals surface area contributed by atoms with Crippen molar-refractivity contribution < 1.29 is 80.3 Å². The predicted molar refractivity (Wildman–Crippen MR) is 377 cm³/mol. The lowest BCUT2D eigenvalue weighted by molar-refractivity contribution is -0.145. The molecule has 4 aliphatic heterocycles. The van der Waals surface area contributed by atoms with Crippen LogP contribution in [0.3, 0.4) is 0 Å². The van der Waals surface area contributed by atoms with Crippen molar-refractivity contribution in [2.24, 2.45) is 11.8 Å². The number of benzene rings is 2. The van der Waals surface area contributed by atoms with Crippen molar-refractivity contribution in [1.82, 2.24) is 45.8 Å². The number of rotatable bonds is 12. The molecule has 10 atom stereocenters. The second-order valence-corrected chi connectivity index (χ2v) is 35.1. The third-order valence-corrected chi connectivity index (χ3v) is 23.5. The Morgan fingerprint density at radius 3 is 1.46 bits per heavy atom. The van der Waals surface area contributed by atoms with Crippen molar-refractivity contribution in [1.29, 1.82) is 0 Å². The molecule has 0 radical (unpaired) electrons. The molecule has 3 saturated carbocycles. The minimum absolute atomic E-state index is 0.0157. The highest BCUT2D eigenvalue weighted by atomic mass is 32.2. The van der Waals surface area contributed by atoms with Crippen LogP contribution in [-0.2, 0) is 48.3 Å². The lowest BCUT2D eigenvalue weighted by Gasteiger charge is -2.37. The molecule has 3 aliphatic carbocycles. The minimum atomic E-state index is -3.90. The molecule has 2 aromatic heterocycles. The summed E-state index contributed by atoms with van der Waals surface area (Å²) in [5.74, 6) is -1.63. The van der Waals surface area contributed by atoms with E-state index in [1.807, 2.05) is 88.4 Å². The first-order chi connectivity index (χ1) is 47.1. The highest BCUT2D eigenvalue weighted by Crippen LogP contribution is 2.48. The van der Waals surface area contributed by atoms with Gasteiger partial charge in [-0.15, -0.1) is 0 Å². The zero-order valence-electron chi connectivity index (χ0n) is 58.7. The minimum Gasteiger partial charge on any atom is -0.497 e. The van der Waals surface area contributed by atoms with Gasteiger partial charge in [0, 0.05) is 57.3 Å². The Bertz CT molecular complexity index is 3980. The van der Waals surface area contributed by atoms with Crippen LogP contribution in [0.25, 0.3) is 21.5 Å². The van der Waals surface area contributed by atoms with Crippen molar-refractivity contribution >= 4 is 103 Å². The number of amides is 7. The molecule has 5 fully saturated rings. The zero-order valence-corrected chi connectivity index (χ0v) is 61.1. The van der Waals surface area contributed by atoms with Crippen molar-refractivity contribution in [3.05, 3.63) is 85.2 Å². The van der Waals surface area contributed by atoms with Crippen molar-refractivity contribution in [3.8, 4) is 23.3 Å². The van der Waals surface area contributed by atoms with E-state index in [4.69, 9.17) is 28.4 Å². The van der Waals surface area contributed by atoms with E-state index in [2.05, 4.69) is 36.0 Å². The van der Waals surface area contributed by atoms with E-state index in [0.717, 1.165) is 29.0 Å². The fraction of sp³-hybridized carbons (Fsp3) is 0.577. The normalized spacial score (nSPS) is 28.4. The van der Waals surface area contributed by atoms with Crippen LogP contribution in [0.15, 0.2) is 85.2 Å². The van der Waals surface area contributed by atoms with Crippen molar-refractivity contribution in [3.63, 3.8) is 0 Å². The highest BCUT2D eigenvalue weighted by molar-refractivity contribution is 8.00. The summed E-state index contributed by atoms with van der Waals surface area (Å²) in [6, 6.07) is 10.2. The van der Waals surface area contributed by atoms with Crippen LogP contribution in [0, 0.1) is 11.8 Å². The summed E-state index contributed by atoms with van der Waals surface area (Å²) in [6.07, 6.45) is 12.4. The first-order valence-corrected chi connectivity index (χ1v) is 37.4. The van der Waals surface area contributed by atoms with Gasteiger partial charge < -0.3 is 64.6 Å². The molecule has 2 saturated heterocycles. The smallest absolute Gasteiger partial charge is 0.408 e. The quantitative estimate of drug-likeness (QED) is 0.0729. The van der Waals surface area contributed by atoms with Gasteiger partial charge >= 0.3 is 18.2 Å². The van der Waals surface area contributed by atoms with Crippen LogP contribution in [0.2, 0.25) is 0 Å². The number of pyridine rings is 2. The number of aromatic nitrogens is 2. The Labute approximate surface area is 591 Å². The monoisotopic (exact) mass is 1440 g/mol. The molecule has 7 aliphatic rings. The number of carbonyl (C=O) groups excluding carboxylic acids is 7. The molecule has 0 unspecified atom stereocenters. The fourth-order valence-corrected chi connectivity index (χ4v) is 16.7. The maximum atomic E-state index is 14.8. The van der Waals surface area contributed by atoms with Gasteiger partial charge in [-0.1, -0.05) is 24.3 Å². The van der Waals surface area contributed by atoms with E-state index in [-0.39, 0.29) is 44.7 Å². The van der Waals surface area contributed by atoms with Crippen LogP contribution >= 0.6 is 23.5 Å². The molecule has 100 heavy (non-hydrogen) atoms. The molecule has 11 rings (SSSR count). The first kappa shape index (κ1) is 74.6. The molecule has 4 aromatic rings. The summed E-state index contributed by atoms with van der Waals surface area (Å²) < 4.78 is 60.9. The number of carboxylic acid groups (broad SMARTS) is 1. The molecule has 0 bridgehead atoms. The Morgan fingerprint density at radius 2 is 1.05 bits per heavy atom. The van der Waals surface area contributed by atoms with Gasteiger partial charge in [-0.3, -0.25) is 28.7 Å². The molecule has 542 valence electrons. The van der Waals surface area contributed by atoms with Crippen LogP contribution in [0.5, 0.6) is 23.3 Å². The van der Waals surface area contributed by atoms with E-state index in [1.165, 1.54) is 21.6 Å². The van der Waals surface area contributed by atoms with Gasteiger partial charge in [-0.25, -0.2) is 32.8 Å². The van der Waals surface area contributed by atoms with Gasteiger partial charge in [0.15, 0.2) is 0 Å². The summed E-state index contributed by atoms with van der Waals surface area (Å²) >= 11 is 3.06. The van der Waals surface area contributed by atoms with E-state index in [1.54, 1.807) is 92.1 Å². The van der Waals surface area contributed by atoms with Crippen LogP contribution < -0.4 is 44.9 Å². The summed E-state index contributed by atoms with van der Waals surface area (Å²) in [4.78, 5) is 122. The molecule has 6 heterocycles. The Morgan fingerprint density at radius 1 is 0.630 bits per heavy atom. The van der Waals surface area contributed by atoms with E-state index in [0.29, 0.717) is 65.8 Å². The number of fused-ring (bicyclic) bond motifs is 6. The molecule has 6 N–H and O–H groups in total. The second kappa shape index (κ2) is 29.5. The average Bonchev–Trinajstić information content (AvgIpc) is 1.58. The van der Waals surface area contributed by atoms with E-state index < -0.39 is 137 Å². The molecule has 7 amide bonds. The lowest BCUT2D eigenvalue weighted by atomic mass is 10.0. The number of nitrogens with one attached hydrogen (secondary N) is 5. The molecule has 29 heteroatoms. The first-order valence-electron chi connectivity index (χ1n) is 33.9. The number of thioether (sulfide) groups is 2. The van der Waals surface area contributed by atoms with Crippen LogP contribution in [-0.4, -0.2) is 193 Å². The molecular formula is C71H93N9O17S3. The fourth-order valence-electron chi connectivity index (χ4n) is 13.0. The lowest BCUT2D eigenvalue weighted by Crippen LogP contribution is -2.61. The number of nitrogens with zero attached hydrogens (tertiary/aromatic N) is 4. The summed E-state index contributed by atoms with van der Waals surface area (Å²) in [5.41, 5.74) is -4.58. The third-order valence-electron chi connectivity index (χ3n) is 18.8. The van der Waals surface area contributed by atoms with E-state index >= 15 is 0 Å². The number of carbonyl (C=O) groups is 8. The summed E-state index contributed by atoms with van der Waals surface area (Å²) in [5, 5.41) is 23.9. The van der Waals surface area contributed by atoms with Gasteiger partial charge in [0.25, 0.3) is 5.91 Å². The van der Waals surface area contributed by atoms with Crippen LogP contribution in [0.4, 0.5) is 9.59 Å². The van der Waals surface area contributed by atoms with Gasteiger partial charge in [-0.2, -0.15) is 23.5 Å². The number of hydrogen-bond donors (Lipinski definition) is 6. The molecular weight excluding hydrogens is 1350 g/mol. The number of alkyl carbamates (subject to hydrolysis) is 2. The largest absolute Gasteiger partial charge is 0.497 e. The maximum Gasteiger partial charge on any atom is 0.408 e. The predicted octanol–water partition coefficient (Wildman–Crippen LogP) is 8.14. The Hall–Kier alpha value is -8.05. The average molecular weight is 1440 g/mol. The van der Waals surface area contributed by atoms with Gasteiger partial charge in [0.05, 0.1) is 32.6 Å². The number of aliphatic carboxylic acids is 1. The highest BCUT2D eigenvalue weighted by Gasteiger charge is 2.64. The van der Waals surface area contributed by atoms with Crippen LogP contribution in [0.1, 0.15) is 133 Å². The molecule has 26 nitrogen and oxygen atoms in total. The SMILES string of the molecule is COc1ccc2c(O[C@@H]3C[C@H]4C(=O)N[C@]5(C(=O)NS(=O)(=O)C6CC6)C[C@H]5/C=C\CCCSC(C)(C)[C@H](NC(=O)OC(C)(C)C)C(=O)N4C3)nccc2c1.COc1ccc2c(O[C@@H]3C[C@H]4C(=O)N[C@]5(C(=O)O)C[C@H]5/C=C\CCCSC(C)(C)[C@H](NC(=O)OC(C)(C)C)C(=O)N4C3)nccc2c1. The van der Waals surface area contributed by atoms with Gasteiger partial charge in [-0.05, 0) is 191 Å². The summed E-state index contributed by atoms with van der Waals surface area (Å²) in [7, 11) is -0.738. The number of carboxylic acids is 1. The van der Waals surface area contributed by atoms with Crippen molar-refractivity contribution in [2.45, 2.75) is 207 Å². The van der Waals surface area contributed by atoms with Gasteiger partial charge in [0.1, 0.15) is 70.2 Å². The molecule has 2 aromatic carbocycles. The maximum absolute atomic E-state index is 14.8. The number of methoxy groups -OCH3 is 2. The number of allylic oxidation sites excluding steroid dienone is 2.